The van der Waals surface area contributed by atoms with E-state index >= 15 is 0 Å². The first-order valence-electron chi connectivity index (χ1n) is 11.6. The molecule has 5 rings (SSSR count). The molecule has 4 heterocycles. The normalized spacial score (nSPS) is 15.6. The molecule has 0 bridgehead atoms. The zero-order chi connectivity index (χ0) is 22.8. The van der Waals surface area contributed by atoms with Crippen LogP contribution in [0.4, 0.5) is 0 Å². The number of carbonyl (C=O) groups excluding carboxylic acids is 1. The van der Waals surface area contributed by atoms with Crippen molar-refractivity contribution in [1.82, 2.24) is 19.6 Å². The molecule has 0 radical (unpaired) electrons. The fourth-order valence-corrected chi connectivity index (χ4v) is 5.91. The summed E-state index contributed by atoms with van der Waals surface area (Å²) < 4.78 is 2.08. The van der Waals surface area contributed by atoms with Crippen LogP contribution in [-0.2, 0) is 4.79 Å². The number of nitrogens with zero attached hydrogens (tertiary/aromatic N) is 3. The number of halogens is 1. The molecule has 1 aromatic carbocycles. The third-order valence-electron chi connectivity index (χ3n) is 6.51. The molecule has 1 saturated heterocycles. The topological polar surface area (TPSA) is 49.6 Å². The van der Waals surface area contributed by atoms with Crippen LogP contribution in [0.25, 0.3) is 11.7 Å². The number of thiocarbonyl (C=S) groups is 1. The molecule has 34 heavy (non-hydrogen) atoms. The van der Waals surface area contributed by atoms with Gasteiger partial charge in [0.25, 0.3) is 5.91 Å². The van der Waals surface area contributed by atoms with Crippen molar-refractivity contribution in [2.24, 2.45) is 5.92 Å². The Hall–Kier alpha value is -2.35. The Morgan fingerprint density at radius 1 is 1.18 bits per heavy atom. The van der Waals surface area contributed by atoms with E-state index in [1.807, 2.05) is 30.5 Å². The highest BCUT2D eigenvalue weighted by atomic mass is 35.5. The molecule has 0 saturated carbocycles. The number of aryl methyl sites for hydroxylation is 1. The summed E-state index contributed by atoms with van der Waals surface area (Å²) in [5.74, 6) is 0.705. The van der Waals surface area contributed by atoms with Crippen molar-refractivity contribution in [2.45, 2.75) is 37.6 Å². The quantitative estimate of drug-likeness (QED) is 0.349. The van der Waals surface area contributed by atoms with Gasteiger partial charge in [-0.3, -0.25) is 9.20 Å². The predicted molar refractivity (Wildman–Crippen MR) is 146 cm³/mol. The van der Waals surface area contributed by atoms with Crippen LogP contribution in [0.3, 0.4) is 0 Å². The van der Waals surface area contributed by atoms with Gasteiger partial charge < -0.3 is 10.2 Å². The molecule has 2 aliphatic rings. The summed E-state index contributed by atoms with van der Waals surface area (Å²) in [6, 6.07) is 14.5. The largest absolute Gasteiger partial charge is 0.362 e. The van der Waals surface area contributed by atoms with E-state index in [0.29, 0.717) is 12.5 Å². The highest BCUT2D eigenvalue weighted by molar-refractivity contribution is 8.04. The Morgan fingerprint density at radius 3 is 2.71 bits per heavy atom. The van der Waals surface area contributed by atoms with Crippen molar-refractivity contribution in [1.29, 1.82) is 0 Å². The van der Waals surface area contributed by atoms with Crippen molar-refractivity contribution in [3.05, 3.63) is 70.4 Å². The highest BCUT2D eigenvalue weighted by Crippen LogP contribution is 2.34. The molecular weight excluding hydrogens is 484 g/mol. The lowest BCUT2D eigenvalue weighted by Crippen LogP contribution is -2.38. The predicted octanol–water partition coefficient (Wildman–Crippen LogP) is 5.50. The number of pyridine rings is 1. The molecule has 5 nitrogen and oxygen atoms in total. The van der Waals surface area contributed by atoms with Crippen LogP contribution in [0.15, 0.2) is 58.6 Å². The molecular formula is C26H29ClN4OS2. The average Bonchev–Trinajstić information content (AvgIpc) is 3.26. The van der Waals surface area contributed by atoms with E-state index < -0.39 is 0 Å². The van der Waals surface area contributed by atoms with E-state index in [-0.39, 0.29) is 18.3 Å². The van der Waals surface area contributed by atoms with Crippen molar-refractivity contribution in [3.63, 3.8) is 0 Å². The number of hydrogen-bond donors (Lipinski definition) is 1. The smallest absolute Gasteiger partial charge is 0.258 e. The Balaban J connectivity index is 0.00000274. The van der Waals surface area contributed by atoms with Gasteiger partial charge >= 0.3 is 0 Å². The van der Waals surface area contributed by atoms with Gasteiger partial charge in [0.1, 0.15) is 10.6 Å². The number of likely N-dealkylation sites (tertiary alicyclic amines) is 1. The van der Waals surface area contributed by atoms with Crippen LogP contribution >= 0.6 is 36.4 Å². The highest BCUT2D eigenvalue weighted by Gasteiger charge is 2.22. The van der Waals surface area contributed by atoms with Crippen molar-refractivity contribution < 1.29 is 4.79 Å². The minimum absolute atomic E-state index is 0. The SMILES string of the molecule is Cc1ccc(C(=S)N2CCC(CCCNC(=O)C3=Cc4cnc5cccc(n45)S3)CC2)cc1.Cl. The number of imidazole rings is 1. The van der Waals surface area contributed by atoms with Crippen LogP contribution < -0.4 is 5.32 Å². The van der Waals surface area contributed by atoms with E-state index in [2.05, 4.69) is 50.8 Å². The zero-order valence-corrected chi connectivity index (χ0v) is 21.6. The van der Waals surface area contributed by atoms with Crippen molar-refractivity contribution in [2.75, 3.05) is 19.6 Å². The molecule has 178 valence electrons. The van der Waals surface area contributed by atoms with Gasteiger partial charge in [-0.1, -0.05) is 59.9 Å². The fourth-order valence-electron chi connectivity index (χ4n) is 4.58. The third kappa shape index (κ3) is 5.32. The number of benzene rings is 1. The van der Waals surface area contributed by atoms with Gasteiger partial charge in [0, 0.05) is 25.2 Å². The Labute approximate surface area is 216 Å². The molecule has 0 aliphatic carbocycles. The van der Waals surface area contributed by atoms with Crippen molar-refractivity contribution >= 4 is 59.0 Å². The Bertz CT molecular complexity index is 1210. The van der Waals surface area contributed by atoms with Crippen LogP contribution in [0.1, 0.15) is 42.5 Å². The number of carbonyl (C=O) groups is 1. The van der Waals surface area contributed by atoms with E-state index in [1.165, 1.54) is 17.3 Å². The van der Waals surface area contributed by atoms with Crippen LogP contribution in [0, 0.1) is 12.8 Å². The van der Waals surface area contributed by atoms with Crippen molar-refractivity contribution in [3.8, 4) is 0 Å². The zero-order valence-electron chi connectivity index (χ0n) is 19.2. The lowest BCUT2D eigenvalue weighted by atomic mass is 9.92. The first kappa shape index (κ1) is 24.8. The summed E-state index contributed by atoms with van der Waals surface area (Å²) in [5.41, 5.74) is 4.27. The number of rotatable bonds is 6. The second-order valence-electron chi connectivity index (χ2n) is 8.85. The number of amides is 1. The van der Waals surface area contributed by atoms with E-state index in [9.17, 15) is 4.79 Å². The Morgan fingerprint density at radius 2 is 1.94 bits per heavy atom. The number of hydrogen-bond acceptors (Lipinski definition) is 4. The number of thioether (sulfide) groups is 1. The monoisotopic (exact) mass is 512 g/mol. The van der Waals surface area contributed by atoms with Gasteiger partial charge in [-0.15, -0.1) is 12.4 Å². The van der Waals surface area contributed by atoms with Gasteiger partial charge in [-0.2, -0.15) is 0 Å². The molecule has 1 fully saturated rings. The maximum atomic E-state index is 12.7. The maximum absolute atomic E-state index is 12.7. The molecule has 8 heteroatoms. The lowest BCUT2D eigenvalue weighted by molar-refractivity contribution is -0.116. The first-order chi connectivity index (χ1) is 16.1. The molecule has 1 N–H and O–H groups in total. The molecule has 2 aromatic heterocycles. The maximum Gasteiger partial charge on any atom is 0.258 e. The van der Waals surface area contributed by atoms with E-state index in [0.717, 1.165) is 70.6 Å². The summed E-state index contributed by atoms with van der Waals surface area (Å²) in [5, 5.41) is 4.14. The standard InChI is InChI=1S/C26H28N4OS2.ClH/c1-18-7-9-20(10-8-18)26(32)29-14-11-19(12-15-29)4-3-13-27-25(31)22-16-21-17-28-23-5-2-6-24(33-22)30(21)23;/h2,5-10,16-17,19H,3-4,11-15H2,1H3,(H,27,31);1H. The van der Waals surface area contributed by atoms with Gasteiger partial charge in [-0.25, -0.2) is 4.98 Å². The number of piperidine rings is 1. The summed E-state index contributed by atoms with van der Waals surface area (Å²) in [4.78, 5) is 21.2. The molecule has 3 aromatic rings. The molecule has 1 amide bonds. The summed E-state index contributed by atoms with van der Waals surface area (Å²) >= 11 is 7.23. The summed E-state index contributed by atoms with van der Waals surface area (Å²) in [6.07, 6.45) is 8.22. The van der Waals surface area contributed by atoms with Gasteiger partial charge in [0.2, 0.25) is 0 Å². The van der Waals surface area contributed by atoms with Crippen LogP contribution in [0.5, 0.6) is 0 Å². The van der Waals surface area contributed by atoms with Gasteiger partial charge in [0.05, 0.1) is 21.8 Å². The van der Waals surface area contributed by atoms with Gasteiger partial charge in [-0.05, 0) is 56.7 Å². The summed E-state index contributed by atoms with van der Waals surface area (Å²) in [6.45, 7) is 4.85. The first-order valence-corrected chi connectivity index (χ1v) is 12.8. The lowest BCUT2D eigenvalue weighted by Gasteiger charge is -2.34. The minimum Gasteiger partial charge on any atom is -0.362 e. The molecule has 0 atom stereocenters. The van der Waals surface area contributed by atoms with E-state index in [1.54, 1.807) is 0 Å². The van der Waals surface area contributed by atoms with Gasteiger partial charge in [0.15, 0.2) is 0 Å². The molecule has 0 spiro atoms. The summed E-state index contributed by atoms with van der Waals surface area (Å²) in [7, 11) is 0. The number of aromatic nitrogens is 2. The minimum atomic E-state index is 0. The molecule has 0 unspecified atom stereocenters. The second kappa shape index (κ2) is 10.9. The average molecular weight is 513 g/mol. The third-order valence-corrected chi connectivity index (χ3v) is 8.06. The van der Waals surface area contributed by atoms with Crippen LogP contribution in [-0.4, -0.2) is 44.8 Å². The molecule has 2 aliphatic heterocycles. The second-order valence-corrected chi connectivity index (χ2v) is 10.3. The number of nitrogens with one attached hydrogen (secondary N) is 1. The Kier molecular flexibility index (Phi) is 7.96. The fraction of sp³-hybridized carbons (Fsp3) is 0.346. The van der Waals surface area contributed by atoms with E-state index in [4.69, 9.17) is 12.2 Å². The van der Waals surface area contributed by atoms with Crippen LogP contribution in [0.2, 0.25) is 0 Å².